The van der Waals surface area contributed by atoms with Crippen LogP contribution < -0.4 is 14.7 Å². The molecule has 7 heavy (non-hydrogen) atoms. The Kier molecular flexibility index (Phi) is 11.1. The van der Waals surface area contributed by atoms with E-state index in [0.717, 1.165) is 0 Å². The Labute approximate surface area is 55.4 Å². The minimum Gasteiger partial charge on any atom is -0.870 e. The second-order valence-electron chi connectivity index (χ2n) is 0.447. The molecule has 0 saturated carbocycles. The van der Waals surface area contributed by atoms with E-state index in [9.17, 15) is 0 Å². The van der Waals surface area contributed by atoms with E-state index in [1.807, 2.05) is 0 Å². The maximum absolute atomic E-state index is 8.55. The van der Waals surface area contributed by atoms with Gasteiger partial charge < -0.3 is 24.7 Å². The summed E-state index contributed by atoms with van der Waals surface area (Å²) in [6.07, 6.45) is 0. The summed E-state index contributed by atoms with van der Waals surface area (Å²) in [6.45, 7) is 0. The molecule has 0 unspecified atom stereocenters. The fourth-order valence-corrected chi connectivity index (χ4v) is 0. The van der Waals surface area contributed by atoms with E-state index in [4.69, 9.17) is 19.2 Å². The zero-order valence-corrected chi connectivity index (χ0v) is 6.07. The normalized spacial score (nSPS) is 8.43. The van der Waals surface area contributed by atoms with Crippen molar-refractivity contribution in [2.75, 3.05) is 0 Å². The van der Waals surface area contributed by atoms with Gasteiger partial charge in [0.2, 0.25) is 0 Å². The Morgan fingerprint density at radius 2 is 1.14 bits per heavy atom. The summed E-state index contributed by atoms with van der Waals surface area (Å²) >= 11 is 0. The number of phosphoric acid groups is 1. The SMILES string of the molecule is O=P([O-])([O-])[O-].[Nb].[OH-]. The molecule has 1 N–H and O–H groups in total. The van der Waals surface area contributed by atoms with E-state index >= 15 is 0 Å². The summed E-state index contributed by atoms with van der Waals surface area (Å²) in [5.74, 6) is 0. The van der Waals surface area contributed by atoms with Gasteiger partial charge in [0.1, 0.15) is 0 Å². The van der Waals surface area contributed by atoms with Crippen LogP contribution in [0.1, 0.15) is 0 Å². The molecule has 0 amide bonds. The molecule has 0 aliphatic heterocycles. The van der Waals surface area contributed by atoms with Crippen molar-refractivity contribution in [1.82, 2.24) is 0 Å². The summed E-state index contributed by atoms with van der Waals surface area (Å²) in [4.78, 5) is 25.6. The summed E-state index contributed by atoms with van der Waals surface area (Å²) in [6, 6.07) is 0. The molecular weight excluding hydrogens is 204 g/mol. The smallest absolute Gasteiger partial charge is 0 e. The molecule has 0 aromatic rings. The average molecular weight is 205 g/mol. The molecular formula is HNbO5P-4. The molecule has 5 nitrogen and oxygen atoms in total. The van der Waals surface area contributed by atoms with Crippen molar-refractivity contribution in [3.8, 4) is 0 Å². The Bertz CT molecular complexity index is 54.2. The number of hydrogen-bond donors (Lipinski definition) is 0. The zero-order chi connectivity index (χ0) is 4.50. The molecule has 0 aromatic carbocycles. The predicted octanol–water partition coefficient (Wildman–Crippen LogP) is -3.00. The first kappa shape index (κ1) is 15.7. The number of hydrogen-bond acceptors (Lipinski definition) is 5. The summed E-state index contributed by atoms with van der Waals surface area (Å²) < 4.78 is 8.55. The molecule has 0 heterocycles. The van der Waals surface area contributed by atoms with Crippen molar-refractivity contribution in [1.29, 1.82) is 0 Å². The Hall–Kier alpha value is 0.810. The van der Waals surface area contributed by atoms with Crippen molar-refractivity contribution >= 4 is 7.82 Å². The van der Waals surface area contributed by atoms with E-state index in [1.165, 1.54) is 0 Å². The van der Waals surface area contributed by atoms with Crippen LogP contribution in [0.25, 0.3) is 0 Å². The average Bonchev–Trinajstić information content (AvgIpc) is 0.722. The van der Waals surface area contributed by atoms with Crippen LogP contribution in [-0.4, -0.2) is 5.48 Å². The molecule has 0 saturated heterocycles. The van der Waals surface area contributed by atoms with Crippen LogP contribution in [0.4, 0.5) is 0 Å². The van der Waals surface area contributed by atoms with Gasteiger partial charge >= 0.3 is 0 Å². The van der Waals surface area contributed by atoms with E-state index in [2.05, 4.69) is 0 Å². The van der Waals surface area contributed by atoms with Crippen LogP contribution in [0.2, 0.25) is 0 Å². The van der Waals surface area contributed by atoms with E-state index in [1.54, 1.807) is 0 Å². The third-order valence-corrected chi connectivity index (χ3v) is 0. The first-order valence-corrected chi connectivity index (χ1v) is 2.19. The second kappa shape index (κ2) is 4.96. The molecule has 0 rings (SSSR count). The quantitative estimate of drug-likeness (QED) is 0.308. The van der Waals surface area contributed by atoms with Gasteiger partial charge in [-0.15, -0.1) is 0 Å². The molecule has 1 radical (unpaired) electrons. The monoisotopic (exact) mass is 205 g/mol. The van der Waals surface area contributed by atoms with Gasteiger partial charge in [0.15, 0.2) is 0 Å². The molecule has 0 aliphatic rings. The Morgan fingerprint density at radius 3 is 1.14 bits per heavy atom. The van der Waals surface area contributed by atoms with Crippen LogP contribution in [0, 0.1) is 0 Å². The van der Waals surface area contributed by atoms with Gasteiger partial charge in [-0.25, -0.2) is 0 Å². The third kappa shape index (κ3) is 240. The van der Waals surface area contributed by atoms with Crippen LogP contribution in [-0.2, 0) is 26.9 Å². The van der Waals surface area contributed by atoms with Gasteiger partial charge in [-0.05, 0) is 0 Å². The predicted molar refractivity (Wildman–Crippen MR) is 9.54 cm³/mol. The number of rotatable bonds is 0. The van der Waals surface area contributed by atoms with Crippen LogP contribution >= 0.6 is 7.82 Å². The molecule has 0 fully saturated rings. The van der Waals surface area contributed by atoms with Gasteiger partial charge in [0.05, 0.1) is 0 Å². The van der Waals surface area contributed by atoms with Gasteiger partial charge in [0, 0.05) is 22.4 Å². The van der Waals surface area contributed by atoms with Crippen molar-refractivity contribution in [2.45, 2.75) is 0 Å². The summed E-state index contributed by atoms with van der Waals surface area (Å²) in [5, 5.41) is 0. The van der Waals surface area contributed by atoms with E-state index in [-0.39, 0.29) is 27.9 Å². The van der Waals surface area contributed by atoms with Gasteiger partial charge in [-0.3, -0.25) is 0 Å². The van der Waals surface area contributed by atoms with E-state index in [0.29, 0.717) is 0 Å². The molecule has 45 valence electrons. The van der Waals surface area contributed by atoms with Gasteiger partial charge in [0.25, 0.3) is 0 Å². The minimum atomic E-state index is -5.39. The zero-order valence-electron chi connectivity index (χ0n) is 2.97. The largest absolute Gasteiger partial charge is 0.870 e. The fraction of sp³-hybridized carbons (Fsp3) is 0. The standard InChI is InChI=1S/Nb.H3O4P.H2O/c;1-5(2,3)4;/h;(H3,1,2,3,4);1H2/p-4. The molecule has 7 heteroatoms. The first-order chi connectivity index (χ1) is 2.00. The minimum absolute atomic E-state index is 0. The Balaban J connectivity index is -0.0000000800. The second-order valence-corrected chi connectivity index (χ2v) is 1.34. The molecule has 0 atom stereocenters. The maximum atomic E-state index is 8.55. The molecule has 0 aromatic heterocycles. The first-order valence-electron chi connectivity index (χ1n) is 0.730. The van der Waals surface area contributed by atoms with Crippen molar-refractivity contribution < 1.29 is 47.1 Å². The van der Waals surface area contributed by atoms with Crippen molar-refractivity contribution in [3.05, 3.63) is 0 Å². The van der Waals surface area contributed by atoms with Crippen molar-refractivity contribution in [2.24, 2.45) is 0 Å². The maximum Gasteiger partial charge on any atom is 0 e. The Morgan fingerprint density at radius 1 is 1.14 bits per heavy atom. The summed E-state index contributed by atoms with van der Waals surface area (Å²) in [7, 11) is -5.39. The van der Waals surface area contributed by atoms with Gasteiger partial charge in [-0.1, -0.05) is 0 Å². The topological polar surface area (TPSA) is 116 Å². The van der Waals surface area contributed by atoms with E-state index < -0.39 is 7.82 Å². The molecule has 0 bridgehead atoms. The molecule has 0 spiro atoms. The summed E-state index contributed by atoms with van der Waals surface area (Å²) in [5.41, 5.74) is 0. The van der Waals surface area contributed by atoms with Crippen LogP contribution in [0.5, 0.6) is 0 Å². The van der Waals surface area contributed by atoms with Crippen LogP contribution in [0.3, 0.4) is 0 Å². The van der Waals surface area contributed by atoms with Crippen molar-refractivity contribution in [3.63, 3.8) is 0 Å². The van der Waals surface area contributed by atoms with Gasteiger partial charge in [-0.2, -0.15) is 7.82 Å². The fourth-order valence-electron chi connectivity index (χ4n) is 0. The third-order valence-electron chi connectivity index (χ3n) is 0. The molecule has 0 aliphatic carbocycles. The van der Waals surface area contributed by atoms with Crippen LogP contribution in [0.15, 0.2) is 0 Å².